The van der Waals surface area contributed by atoms with E-state index in [2.05, 4.69) is 5.32 Å². The highest BCUT2D eigenvalue weighted by Crippen LogP contribution is 2.21. The number of rotatable bonds is 4. The summed E-state index contributed by atoms with van der Waals surface area (Å²) in [7, 11) is 1.40. The highest BCUT2D eigenvalue weighted by molar-refractivity contribution is 5.46. The highest BCUT2D eigenvalue weighted by Gasteiger charge is 2.11. The summed E-state index contributed by atoms with van der Waals surface area (Å²) in [6.45, 7) is -0.115. The third kappa shape index (κ3) is 3.01. The van der Waals surface area contributed by atoms with Crippen molar-refractivity contribution in [1.29, 1.82) is 0 Å². The topological polar surface area (TPSA) is 21.3 Å². The van der Waals surface area contributed by atoms with Gasteiger partial charge in [-0.2, -0.15) is 0 Å². The van der Waals surface area contributed by atoms with Crippen LogP contribution in [-0.4, -0.2) is 7.11 Å². The summed E-state index contributed by atoms with van der Waals surface area (Å²) in [5.41, 5.74) is -0.146. The van der Waals surface area contributed by atoms with Gasteiger partial charge in [0.15, 0.2) is 11.6 Å². The Balaban J connectivity index is 2.17. The molecule has 0 unspecified atom stereocenters. The van der Waals surface area contributed by atoms with Crippen LogP contribution in [0.25, 0.3) is 0 Å². The van der Waals surface area contributed by atoms with Crippen LogP contribution < -0.4 is 10.1 Å². The minimum absolute atomic E-state index is 0.115. The van der Waals surface area contributed by atoms with Crippen molar-refractivity contribution in [3.8, 4) is 5.75 Å². The molecule has 2 nitrogen and oxygen atoms in total. The van der Waals surface area contributed by atoms with E-state index in [1.165, 1.54) is 25.3 Å². The molecule has 0 heterocycles. The van der Waals surface area contributed by atoms with Crippen LogP contribution in [0, 0.1) is 23.3 Å². The molecule has 0 aliphatic heterocycles. The maximum atomic E-state index is 13.6. The molecule has 0 bridgehead atoms. The Morgan fingerprint density at radius 2 is 1.75 bits per heavy atom. The standard InChI is InChI=1S/C14H11F4NO/c1-20-10-3-2-8(11(16)6-10)7-19-13-5-9(15)4-12(17)14(13)18/h2-6,19H,7H2,1H3. The van der Waals surface area contributed by atoms with Gasteiger partial charge in [0.2, 0.25) is 0 Å². The van der Waals surface area contributed by atoms with Gasteiger partial charge in [0, 0.05) is 30.3 Å². The maximum absolute atomic E-state index is 13.6. The van der Waals surface area contributed by atoms with E-state index in [0.717, 1.165) is 6.07 Å². The van der Waals surface area contributed by atoms with Gasteiger partial charge in [-0.05, 0) is 6.07 Å². The summed E-state index contributed by atoms with van der Waals surface area (Å²) in [5, 5.41) is 2.45. The second-order valence-corrected chi connectivity index (χ2v) is 4.06. The van der Waals surface area contributed by atoms with Crippen molar-refractivity contribution in [2.75, 3.05) is 12.4 Å². The number of nitrogens with one attached hydrogen (secondary N) is 1. The van der Waals surface area contributed by atoms with E-state index in [4.69, 9.17) is 4.74 Å². The number of methoxy groups -OCH3 is 1. The van der Waals surface area contributed by atoms with E-state index in [9.17, 15) is 17.6 Å². The quantitative estimate of drug-likeness (QED) is 0.680. The van der Waals surface area contributed by atoms with Crippen molar-refractivity contribution in [3.05, 3.63) is 59.2 Å². The smallest absolute Gasteiger partial charge is 0.182 e. The maximum Gasteiger partial charge on any atom is 0.182 e. The number of ether oxygens (including phenoxy) is 1. The van der Waals surface area contributed by atoms with E-state index in [-0.39, 0.29) is 17.8 Å². The molecule has 0 atom stereocenters. The Hall–Kier alpha value is -2.24. The monoisotopic (exact) mass is 285 g/mol. The second kappa shape index (κ2) is 5.81. The Labute approximate surface area is 113 Å². The summed E-state index contributed by atoms with van der Waals surface area (Å²) in [4.78, 5) is 0. The van der Waals surface area contributed by atoms with Crippen molar-refractivity contribution in [3.63, 3.8) is 0 Å². The minimum Gasteiger partial charge on any atom is -0.497 e. The Bertz CT molecular complexity index is 631. The fraction of sp³-hybridized carbons (Fsp3) is 0.143. The summed E-state index contributed by atoms with van der Waals surface area (Å²) in [5.74, 6) is -3.65. The number of anilines is 1. The van der Waals surface area contributed by atoms with Crippen LogP contribution in [0.4, 0.5) is 23.2 Å². The first-order chi connectivity index (χ1) is 9.51. The molecule has 0 saturated carbocycles. The van der Waals surface area contributed by atoms with Gasteiger partial charge in [-0.25, -0.2) is 17.6 Å². The zero-order valence-electron chi connectivity index (χ0n) is 10.5. The number of benzene rings is 2. The molecule has 2 aromatic carbocycles. The van der Waals surface area contributed by atoms with E-state index in [0.29, 0.717) is 11.8 Å². The molecule has 0 aromatic heterocycles. The molecule has 2 aromatic rings. The molecular formula is C14H11F4NO. The molecule has 106 valence electrons. The van der Waals surface area contributed by atoms with Gasteiger partial charge in [-0.15, -0.1) is 0 Å². The predicted molar refractivity (Wildman–Crippen MR) is 66.6 cm³/mol. The van der Waals surface area contributed by atoms with Crippen LogP contribution in [0.2, 0.25) is 0 Å². The number of hydrogen-bond acceptors (Lipinski definition) is 2. The molecule has 0 amide bonds. The van der Waals surface area contributed by atoms with Crippen LogP contribution in [-0.2, 0) is 6.54 Å². The Morgan fingerprint density at radius 3 is 2.40 bits per heavy atom. The molecule has 0 saturated heterocycles. The third-order valence-electron chi connectivity index (χ3n) is 2.72. The van der Waals surface area contributed by atoms with Gasteiger partial charge in [0.1, 0.15) is 17.4 Å². The van der Waals surface area contributed by atoms with Crippen molar-refractivity contribution < 1.29 is 22.3 Å². The first kappa shape index (κ1) is 14.2. The highest BCUT2D eigenvalue weighted by atomic mass is 19.2. The normalized spacial score (nSPS) is 10.4. The molecular weight excluding hydrogens is 274 g/mol. The molecule has 0 spiro atoms. The molecule has 0 radical (unpaired) electrons. The zero-order chi connectivity index (χ0) is 14.7. The average molecular weight is 285 g/mol. The minimum atomic E-state index is -1.30. The summed E-state index contributed by atoms with van der Waals surface area (Å²) < 4.78 is 57.8. The molecule has 1 N–H and O–H groups in total. The zero-order valence-corrected chi connectivity index (χ0v) is 10.5. The average Bonchev–Trinajstić information content (AvgIpc) is 2.42. The lowest BCUT2D eigenvalue weighted by Gasteiger charge is -2.10. The van der Waals surface area contributed by atoms with Gasteiger partial charge >= 0.3 is 0 Å². The fourth-order valence-corrected chi connectivity index (χ4v) is 1.67. The largest absolute Gasteiger partial charge is 0.497 e. The first-order valence-corrected chi connectivity index (χ1v) is 5.72. The summed E-state index contributed by atoms with van der Waals surface area (Å²) in [6.07, 6.45) is 0. The van der Waals surface area contributed by atoms with Crippen molar-refractivity contribution >= 4 is 5.69 Å². The van der Waals surface area contributed by atoms with Gasteiger partial charge in [0.05, 0.1) is 12.8 Å². The number of halogens is 4. The van der Waals surface area contributed by atoms with Gasteiger partial charge in [-0.3, -0.25) is 0 Å². The van der Waals surface area contributed by atoms with Gasteiger partial charge in [0.25, 0.3) is 0 Å². The van der Waals surface area contributed by atoms with Crippen LogP contribution >= 0.6 is 0 Å². The van der Waals surface area contributed by atoms with Gasteiger partial charge in [-0.1, -0.05) is 6.07 Å². The van der Waals surface area contributed by atoms with Crippen LogP contribution in [0.5, 0.6) is 5.75 Å². The molecule has 6 heteroatoms. The molecule has 20 heavy (non-hydrogen) atoms. The van der Waals surface area contributed by atoms with E-state index in [1.807, 2.05) is 0 Å². The third-order valence-corrected chi connectivity index (χ3v) is 2.72. The number of hydrogen-bond donors (Lipinski definition) is 1. The second-order valence-electron chi connectivity index (χ2n) is 4.06. The van der Waals surface area contributed by atoms with E-state index in [1.54, 1.807) is 0 Å². The predicted octanol–water partition coefficient (Wildman–Crippen LogP) is 3.86. The Kier molecular flexibility index (Phi) is 4.12. The lowest BCUT2D eigenvalue weighted by atomic mass is 10.2. The molecule has 2 rings (SSSR count). The van der Waals surface area contributed by atoms with E-state index < -0.39 is 23.3 Å². The SMILES string of the molecule is COc1ccc(CNc2cc(F)cc(F)c2F)c(F)c1. The molecule has 0 aliphatic rings. The molecule has 0 aliphatic carbocycles. The van der Waals surface area contributed by atoms with E-state index >= 15 is 0 Å². The van der Waals surface area contributed by atoms with Crippen molar-refractivity contribution in [2.24, 2.45) is 0 Å². The first-order valence-electron chi connectivity index (χ1n) is 5.72. The lowest BCUT2D eigenvalue weighted by Crippen LogP contribution is -2.05. The lowest BCUT2D eigenvalue weighted by molar-refractivity contribution is 0.411. The van der Waals surface area contributed by atoms with Crippen LogP contribution in [0.3, 0.4) is 0 Å². The van der Waals surface area contributed by atoms with Crippen LogP contribution in [0.15, 0.2) is 30.3 Å². The van der Waals surface area contributed by atoms with Crippen LogP contribution in [0.1, 0.15) is 5.56 Å². The van der Waals surface area contributed by atoms with Crippen molar-refractivity contribution in [1.82, 2.24) is 0 Å². The Morgan fingerprint density at radius 1 is 1.00 bits per heavy atom. The van der Waals surface area contributed by atoms with Crippen molar-refractivity contribution in [2.45, 2.75) is 6.54 Å². The molecule has 0 fully saturated rings. The summed E-state index contributed by atoms with van der Waals surface area (Å²) in [6, 6.07) is 5.38. The summed E-state index contributed by atoms with van der Waals surface area (Å²) >= 11 is 0. The van der Waals surface area contributed by atoms with Gasteiger partial charge < -0.3 is 10.1 Å². The fourth-order valence-electron chi connectivity index (χ4n) is 1.67.